The van der Waals surface area contributed by atoms with Crippen molar-refractivity contribution in [3.8, 4) is 0 Å². The number of likely N-dealkylation sites (N-methyl/N-ethyl adjacent to an activating group) is 1. The van der Waals surface area contributed by atoms with Gasteiger partial charge in [0.2, 0.25) is 11.5 Å². The van der Waals surface area contributed by atoms with Crippen molar-refractivity contribution in [3.63, 3.8) is 0 Å². The molecule has 144 valence electrons. The summed E-state index contributed by atoms with van der Waals surface area (Å²) in [4.78, 5) is 39.4. The number of aliphatic hydroxyl groups is 1. The minimum atomic E-state index is -1.01. The molecule has 3 heterocycles. The summed E-state index contributed by atoms with van der Waals surface area (Å²) < 4.78 is 0. The lowest BCUT2D eigenvalue weighted by Crippen LogP contribution is -2.45. The Kier molecular flexibility index (Phi) is 5.82. The summed E-state index contributed by atoms with van der Waals surface area (Å²) in [6.45, 7) is 5.33. The van der Waals surface area contributed by atoms with Crippen molar-refractivity contribution >= 4 is 11.9 Å². The summed E-state index contributed by atoms with van der Waals surface area (Å²) in [7, 11) is 2.08. The number of hydrogen-bond acceptors (Lipinski definition) is 7. The van der Waals surface area contributed by atoms with Crippen LogP contribution in [0.5, 0.6) is 0 Å². The molecule has 2 aromatic rings. The second-order valence-electron chi connectivity index (χ2n) is 6.66. The molecule has 0 radical (unpaired) electrons. The third-order valence-electron chi connectivity index (χ3n) is 4.60. The van der Waals surface area contributed by atoms with Gasteiger partial charge >= 0.3 is 0 Å². The standard InChI is InChI=1S/C18H24N6O3/c1-12-13(10-20-18(21-12)24-8-6-23(2)7-9-24)17(27)19-11-15(25)14-4-3-5-16(26)22-14/h3-5,10,15,25H,6-9,11H2,1-2H3,(H,19,27)(H,22,26). The van der Waals surface area contributed by atoms with Gasteiger partial charge in [-0.15, -0.1) is 0 Å². The number of piperazine rings is 1. The number of pyridine rings is 1. The van der Waals surface area contributed by atoms with E-state index in [9.17, 15) is 14.7 Å². The van der Waals surface area contributed by atoms with E-state index in [2.05, 4.69) is 37.1 Å². The zero-order valence-corrected chi connectivity index (χ0v) is 15.5. The number of aliphatic hydroxyl groups excluding tert-OH is 1. The molecule has 27 heavy (non-hydrogen) atoms. The first-order valence-electron chi connectivity index (χ1n) is 8.86. The summed E-state index contributed by atoms with van der Waals surface area (Å²) in [6, 6.07) is 4.50. The lowest BCUT2D eigenvalue weighted by atomic mass is 10.2. The molecule has 3 N–H and O–H groups in total. The molecule has 3 rings (SSSR count). The van der Waals surface area contributed by atoms with Gasteiger partial charge in [-0.25, -0.2) is 9.97 Å². The molecule has 1 saturated heterocycles. The van der Waals surface area contributed by atoms with Crippen molar-refractivity contribution in [1.29, 1.82) is 0 Å². The molecule has 0 aliphatic carbocycles. The zero-order valence-electron chi connectivity index (χ0n) is 15.5. The van der Waals surface area contributed by atoms with Gasteiger partial charge in [0.05, 0.1) is 11.3 Å². The van der Waals surface area contributed by atoms with E-state index in [-0.39, 0.29) is 18.0 Å². The SMILES string of the molecule is Cc1nc(N2CCN(C)CC2)ncc1C(=O)NCC(O)c1cccc(=O)[nH]1. The molecule has 2 aromatic heterocycles. The minimum absolute atomic E-state index is 0.0293. The molecule has 1 aliphatic rings. The Morgan fingerprint density at radius 2 is 2.07 bits per heavy atom. The van der Waals surface area contributed by atoms with Gasteiger partial charge in [0.15, 0.2) is 0 Å². The van der Waals surface area contributed by atoms with Gasteiger partial charge in [0.25, 0.3) is 5.91 Å². The lowest BCUT2D eigenvalue weighted by molar-refractivity contribution is 0.0912. The third kappa shape index (κ3) is 4.69. The number of H-pyrrole nitrogens is 1. The van der Waals surface area contributed by atoms with Crippen molar-refractivity contribution in [2.24, 2.45) is 0 Å². The molecule has 1 aliphatic heterocycles. The highest BCUT2D eigenvalue weighted by Crippen LogP contribution is 2.14. The summed E-state index contributed by atoms with van der Waals surface area (Å²) in [6.07, 6.45) is 0.510. The number of anilines is 1. The number of aryl methyl sites for hydroxylation is 1. The van der Waals surface area contributed by atoms with Crippen LogP contribution in [-0.4, -0.2) is 70.6 Å². The number of nitrogens with one attached hydrogen (secondary N) is 2. The maximum Gasteiger partial charge on any atom is 0.254 e. The van der Waals surface area contributed by atoms with Crippen LogP contribution in [0.25, 0.3) is 0 Å². The van der Waals surface area contributed by atoms with Crippen molar-refractivity contribution in [2.75, 3.05) is 44.7 Å². The Balaban J connectivity index is 1.62. The monoisotopic (exact) mass is 372 g/mol. The molecule has 1 atom stereocenters. The van der Waals surface area contributed by atoms with Crippen molar-refractivity contribution in [3.05, 3.63) is 51.7 Å². The summed E-state index contributed by atoms with van der Waals surface area (Å²) in [5.74, 6) is 0.258. The highest BCUT2D eigenvalue weighted by molar-refractivity contribution is 5.95. The highest BCUT2D eigenvalue weighted by Gasteiger charge is 2.19. The first-order chi connectivity index (χ1) is 12.9. The van der Waals surface area contributed by atoms with Crippen LogP contribution in [0, 0.1) is 6.92 Å². The molecule has 1 unspecified atom stereocenters. The molecule has 1 amide bonds. The Bertz CT molecular complexity index is 860. The lowest BCUT2D eigenvalue weighted by Gasteiger charge is -2.32. The van der Waals surface area contributed by atoms with Crippen LogP contribution in [0.1, 0.15) is 27.8 Å². The number of carbonyl (C=O) groups is 1. The summed E-state index contributed by atoms with van der Waals surface area (Å²) in [5, 5.41) is 12.8. The van der Waals surface area contributed by atoms with Crippen molar-refractivity contribution < 1.29 is 9.90 Å². The zero-order chi connectivity index (χ0) is 19.4. The van der Waals surface area contributed by atoms with Crippen LogP contribution in [0.4, 0.5) is 5.95 Å². The van der Waals surface area contributed by atoms with Crippen molar-refractivity contribution in [2.45, 2.75) is 13.0 Å². The average Bonchev–Trinajstić information content (AvgIpc) is 2.66. The maximum atomic E-state index is 12.4. The largest absolute Gasteiger partial charge is 0.385 e. The van der Waals surface area contributed by atoms with Crippen LogP contribution < -0.4 is 15.8 Å². The first kappa shape index (κ1) is 19.0. The number of hydrogen-bond donors (Lipinski definition) is 3. The van der Waals surface area contributed by atoms with Crippen LogP contribution in [0.15, 0.2) is 29.2 Å². The molecular weight excluding hydrogens is 348 g/mol. The van der Waals surface area contributed by atoms with E-state index >= 15 is 0 Å². The fraction of sp³-hybridized carbons (Fsp3) is 0.444. The number of rotatable bonds is 5. The summed E-state index contributed by atoms with van der Waals surface area (Å²) >= 11 is 0. The Morgan fingerprint density at radius 1 is 1.33 bits per heavy atom. The number of nitrogens with zero attached hydrogens (tertiary/aromatic N) is 4. The third-order valence-corrected chi connectivity index (χ3v) is 4.60. The molecule has 0 aromatic carbocycles. The van der Waals surface area contributed by atoms with Crippen LogP contribution >= 0.6 is 0 Å². The molecule has 0 bridgehead atoms. The van der Waals surface area contributed by atoms with Gasteiger partial charge in [-0.2, -0.15) is 0 Å². The second kappa shape index (κ2) is 8.28. The van der Waals surface area contributed by atoms with Gasteiger partial charge < -0.3 is 25.2 Å². The van der Waals surface area contributed by atoms with Crippen LogP contribution in [0.2, 0.25) is 0 Å². The van der Waals surface area contributed by atoms with Crippen LogP contribution in [0.3, 0.4) is 0 Å². The van der Waals surface area contributed by atoms with E-state index in [1.807, 2.05) is 0 Å². The molecular formula is C18H24N6O3. The topological polar surface area (TPSA) is 114 Å². The Morgan fingerprint density at radius 3 is 2.74 bits per heavy atom. The minimum Gasteiger partial charge on any atom is -0.385 e. The first-order valence-corrected chi connectivity index (χ1v) is 8.86. The van der Waals surface area contributed by atoms with E-state index in [0.29, 0.717) is 22.9 Å². The molecule has 0 saturated carbocycles. The van der Waals surface area contributed by atoms with E-state index in [1.54, 1.807) is 19.1 Å². The van der Waals surface area contributed by atoms with Gasteiger partial charge in [-0.3, -0.25) is 9.59 Å². The van der Waals surface area contributed by atoms with E-state index in [4.69, 9.17) is 0 Å². The van der Waals surface area contributed by atoms with Crippen LogP contribution in [-0.2, 0) is 0 Å². The van der Waals surface area contributed by atoms with E-state index < -0.39 is 6.10 Å². The van der Waals surface area contributed by atoms with Crippen molar-refractivity contribution in [1.82, 2.24) is 25.2 Å². The predicted molar refractivity (Wildman–Crippen MR) is 101 cm³/mol. The number of aromatic nitrogens is 3. The number of carbonyl (C=O) groups excluding carboxylic acids is 1. The smallest absolute Gasteiger partial charge is 0.254 e. The quantitative estimate of drug-likeness (QED) is 0.659. The molecule has 9 nitrogen and oxygen atoms in total. The van der Waals surface area contributed by atoms with E-state index in [1.165, 1.54) is 12.3 Å². The Hall–Kier alpha value is -2.78. The van der Waals surface area contributed by atoms with Gasteiger partial charge in [-0.05, 0) is 20.0 Å². The maximum absolute atomic E-state index is 12.4. The fourth-order valence-electron chi connectivity index (χ4n) is 2.89. The Labute approximate surface area is 157 Å². The van der Waals surface area contributed by atoms with Gasteiger partial charge in [0, 0.05) is 50.7 Å². The fourth-order valence-corrected chi connectivity index (χ4v) is 2.89. The number of aromatic amines is 1. The molecule has 0 spiro atoms. The molecule has 1 fully saturated rings. The van der Waals surface area contributed by atoms with E-state index in [0.717, 1.165) is 26.2 Å². The van der Waals surface area contributed by atoms with Gasteiger partial charge in [-0.1, -0.05) is 6.07 Å². The molecule has 9 heteroatoms. The average molecular weight is 372 g/mol. The predicted octanol–water partition coefficient (Wildman–Crippen LogP) is -0.311. The summed E-state index contributed by atoms with van der Waals surface area (Å²) in [5.41, 5.74) is 0.989. The normalized spacial score (nSPS) is 16.2. The highest BCUT2D eigenvalue weighted by atomic mass is 16.3. The number of amides is 1. The van der Waals surface area contributed by atoms with Gasteiger partial charge in [0.1, 0.15) is 6.10 Å². The second-order valence-corrected chi connectivity index (χ2v) is 6.66.